The van der Waals surface area contributed by atoms with Gasteiger partial charge in [-0.05, 0) is 38.8 Å². The van der Waals surface area contributed by atoms with E-state index in [0.717, 1.165) is 35.3 Å². The fourth-order valence-electron chi connectivity index (χ4n) is 5.46. The minimum atomic E-state index is -1.07. The van der Waals surface area contributed by atoms with Crippen molar-refractivity contribution < 1.29 is 23.9 Å². The Bertz CT molecular complexity index is 1220. The second-order valence-corrected chi connectivity index (χ2v) is 9.09. The molecule has 2 aliphatic heterocycles. The molecule has 1 aliphatic carbocycles. The number of carbonyl (C=O) groups is 2. The Balaban J connectivity index is 1.80. The lowest BCUT2D eigenvalue weighted by Gasteiger charge is -2.49. The van der Waals surface area contributed by atoms with Crippen molar-refractivity contribution in [3.63, 3.8) is 0 Å². The summed E-state index contributed by atoms with van der Waals surface area (Å²) in [4.78, 5) is 30.0. The molecule has 1 fully saturated rings. The van der Waals surface area contributed by atoms with Gasteiger partial charge in [-0.3, -0.25) is 0 Å². The SMILES string of the molecule is COC(=O)C1=C(C(=O)OC)C23CCCCC2([N-][N+](c2ccc(C)cc2)=N3)N1c1ccc(C)cc1. The van der Waals surface area contributed by atoms with Gasteiger partial charge in [0.1, 0.15) is 11.4 Å². The average Bonchev–Trinajstić information content (AvgIpc) is 3.32. The van der Waals surface area contributed by atoms with Gasteiger partial charge < -0.3 is 14.4 Å². The molecule has 0 spiro atoms. The molecule has 2 aromatic rings. The van der Waals surface area contributed by atoms with Gasteiger partial charge >= 0.3 is 11.9 Å². The number of aryl methyl sites for hydroxylation is 2. The number of nitrogens with zero attached hydrogens (tertiary/aromatic N) is 4. The van der Waals surface area contributed by atoms with Crippen LogP contribution in [0.25, 0.3) is 5.43 Å². The zero-order chi connectivity index (χ0) is 24.1. The Hall–Kier alpha value is -3.68. The second-order valence-electron chi connectivity index (χ2n) is 9.09. The van der Waals surface area contributed by atoms with E-state index in [4.69, 9.17) is 20.0 Å². The third-order valence-corrected chi connectivity index (χ3v) is 7.07. The minimum Gasteiger partial charge on any atom is -0.466 e. The van der Waals surface area contributed by atoms with E-state index in [2.05, 4.69) is 0 Å². The van der Waals surface area contributed by atoms with Crippen molar-refractivity contribution >= 4 is 23.3 Å². The highest BCUT2D eigenvalue weighted by molar-refractivity contribution is 6.07. The van der Waals surface area contributed by atoms with Gasteiger partial charge in [-0.1, -0.05) is 48.2 Å². The first-order valence-corrected chi connectivity index (χ1v) is 11.5. The zero-order valence-corrected chi connectivity index (χ0v) is 19.9. The smallest absolute Gasteiger partial charge is 0.355 e. The molecule has 8 heteroatoms. The van der Waals surface area contributed by atoms with Crippen molar-refractivity contribution in [2.45, 2.75) is 50.7 Å². The van der Waals surface area contributed by atoms with E-state index >= 15 is 0 Å². The highest BCUT2D eigenvalue weighted by atomic mass is 16.5. The molecular formula is C26H28N4O4. The van der Waals surface area contributed by atoms with Gasteiger partial charge in [0.2, 0.25) is 5.69 Å². The highest BCUT2D eigenvalue weighted by Crippen LogP contribution is 2.63. The van der Waals surface area contributed by atoms with Gasteiger partial charge in [0.25, 0.3) is 0 Å². The number of hydrogen-bond acceptors (Lipinski definition) is 6. The summed E-state index contributed by atoms with van der Waals surface area (Å²) < 4.78 is 10.4. The van der Waals surface area contributed by atoms with Crippen LogP contribution in [-0.2, 0) is 19.1 Å². The first-order chi connectivity index (χ1) is 16.4. The lowest BCUT2D eigenvalue weighted by molar-refractivity contribution is -0.456. The van der Waals surface area contributed by atoms with Crippen molar-refractivity contribution in [2.24, 2.45) is 5.11 Å². The van der Waals surface area contributed by atoms with Crippen LogP contribution in [0.3, 0.4) is 0 Å². The van der Waals surface area contributed by atoms with E-state index in [0.29, 0.717) is 12.8 Å². The fraction of sp³-hybridized carbons (Fsp3) is 0.385. The molecule has 0 radical (unpaired) electrons. The van der Waals surface area contributed by atoms with E-state index in [9.17, 15) is 9.59 Å². The molecule has 1 saturated carbocycles. The van der Waals surface area contributed by atoms with Gasteiger partial charge in [0.15, 0.2) is 0 Å². The molecule has 0 aromatic heterocycles. The van der Waals surface area contributed by atoms with Crippen LogP contribution in [-0.4, -0.2) is 42.2 Å². The molecule has 8 nitrogen and oxygen atoms in total. The van der Waals surface area contributed by atoms with Crippen LogP contribution < -0.4 is 4.90 Å². The number of azo groups is 1. The van der Waals surface area contributed by atoms with Gasteiger partial charge in [0, 0.05) is 17.8 Å². The number of esters is 2. The third-order valence-electron chi connectivity index (χ3n) is 7.07. The maximum absolute atomic E-state index is 13.3. The van der Waals surface area contributed by atoms with Crippen molar-refractivity contribution in [3.05, 3.63) is 76.4 Å². The predicted molar refractivity (Wildman–Crippen MR) is 126 cm³/mol. The molecule has 3 aliphatic rings. The van der Waals surface area contributed by atoms with Gasteiger partial charge in [-0.2, -0.15) is 10.5 Å². The third kappa shape index (κ3) is 2.97. The molecule has 0 amide bonds. The molecule has 5 rings (SSSR count). The number of hydrogen-bond donors (Lipinski definition) is 0. The Morgan fingerprint density at radius 2 is 1.50 bits per heavy atom. The lowest BCUT2D eigenvalue weighted by Crippen LogP contribution is -2.58. The molecule has 0 saturated heterocycles. The van der Waals surface area contributed by atoms with Crippen molar-refractivity contribution in [3.8, 4) is 0 Å². The maximum Gasteiger partial charge on any atom is 0.355 e. The Morgan fingerprint density at radius 3 is 2.12 bits per heavy atom. The topological polar surface area (TPSA) is 85.3 Å². The summed E-state index contributed by atoms with van der Waals surface area (Å²) in [5, 5.41) is 5.06. The van der Waals surface area contributed by atoms with Gasteiger partial charge in [-0.25, -0.2) is 9.59 Å². The lowest BCUT2D eigenvalue weighted by atomic mass is 9.70. The molecular weight excluding hydrogens is 432 g/mol. The number of benzene rings is 2. The average molecular weight is 461 g/mol. The first-order valence-electron chi connectivity index (χ1n) is 11.5. The van der Waals surface area contributed by atoms with Crippen LogP contribution in [0.4, 0.5) is 11.4 Å². The van der Waals surface area contributed by atoms with Crippen LogP contribution in [0.1, 0.15) is 36.8 Å². The molecule has 176 valence electrons. The minimum absolute atomic E-state index is 0.149. The Kier molecular flexibility index (Phi) is 5.19. The van der Waals surface area contributed by atoms with E-state index in [1.165, 1.54) is 14.2 Å². The second kappa shape index (κ2) is 7.97. The fourth-order valence-corrected chi connectivity index (χ4v) is 5.46. The van der Waals surface area contributed by atoms with Crippen molar-refractivity contribution in [1.29, 1.82) is 0 Å². The van der Waals surface area contributed by atoms with Crippen LogP contribution in [0.5, 0.6) is 0 Å². The summed E-state index contributed by atoms with van der Waals surface area (Å²) in [5.74, 6) is -1.20. The largest absolute Gasteiger partial charge is 0.466 e. The monoisotopic (exact) mass is 460 g/mol. The van der Waals surface area contributed by atoms with Crippen LogP contribution in [0.15, 0.2) is 64.9 Å². The summed E-state index contributed by atoms with van der Waals surface area (Å²) in [6.07, 6.45) is 2.91. The normalized spacial score (nSPS) is 25.3. The predicted octanol–water partition coefficient (Wildman–Crippen LogP) is 4.83. The van der Waals surface area contributed by atoms with Gasteiger partial charge in [0.05, 0.1) is 25.3 Å². The molecule has 0 N–H and O–H groups in total. The van der Waals surface area contributed by atoms with E-state index in [1.807, 2.05) is 67.3 Å². The number of rotatable bonds is 4. The van der Waals surface area contributed by atoms with E-state index < -0.39 is 23.1 Å². The summed E-state index contributed by atoms with van der Waals surface area (Å²) >= 11 is 0. The standard InChI is InChI=1S/C26H28N4O4/c1-17-7-11-19(12-8-17)29-22(24(32)34-4)21(23(31)33-3)25-15-5-6-16-26(25,29)28-30(27-25)20-13-9-18(2)10-14-20/h7-14H,5-6,15-16H2,1-4H3. The Morgan fingerprint density at radius 1 is 0.912 bits per heavy atom. The summed E-state index contributed by atoms with van der Waals surface area (Å²) in [5.41, 5.74) is 7.20. The highest BCUT2D eigenvalue weighted by Gasteiger charge is 2.69. The van der Waals surface area contributed by atoms with Crippen LogP contribution >= 0.6 is 0 Å². The number of anilines is 1. The maximum atomic E-state index is 13.3. The summed E-state index contributed by atoms with van der Waals surface area (Å²) in [6, 6.07) is 15.8. The Labute approximate surface area is 198 Å². The number of methoxy groups -OCH3 is 2. The molecule has 34 heavy (non-hydrogen) atoms. The van der Waals surface area contributed by atoms with E-state index in [1.54, 1.807) is 4.81 Å². The van der Waals surface area contributed by atoms with Crippen molar-refractivity contribution in [2.75, 3.05) is 19.1 Å². The van der Waals surface area contributed by atoms with Gasteiger partial charge in [-0.15, -0.1) is 4.81 Å². The quantitative estimate of drug-likeness (QED) is 0.482. The molecule has 2 heterocycles. The molecule has 2 atom stereocenters. The number of carbonyl (C=O) groups excluding carboxylic acids is 2. The van der Waals surface area contributed by atoms with E-state index in [-0.39, 0.29) is 11.3 Å². The van der Waals surface area contributed by atoms with Crippen LogP contribution in [0.2, 0.25) is 0 Å². The van der Waals surface area contributed by atoms with Crippen molar-refractivity contribution in [1.82, 2.24) is 0 Å². The summed E-state index contributed by atoms with van der Waals surface area (Å²) in [6.45, 7) is 4.02. The molecule has 2 unspecified atom stereocenters. The summed E-state index contributed by atoms with van der Waals surface area (Å²) in [7, 11) is 2.64. The number of ether oxygens (including phenoxy) is 2. The molecule has 0 bridgehead atoms. The zero-order valence-electron chi connectivity index (χ0n) is 19.9. The first kappa shape index (κ1) is 22.1. The molecule has 2 aromatic carbocycles. The van der Waals surface area contributed by atoms with Crippen LogP contribution in [0, 0.1) is 13.8 Å².